The van der Waals surface area contributed by atoms with Gasteiger partial charge in [-0.1, -0.05) is 31.0 Å². The number of fused-ring (bicyclic) bond motifs is 1. The van der Waals surface area contributed by atoms with Gasteiger partial charge in [0.25, 0.3) is 6.33 Å². The zero-order chi connectivity index (χ0) is 11.7. The van der Waals surface area contributed by atoms with Crippen molar-refractivity contribution in [3.05, 3.63) is 36.3 Å². The molecule has 2 nitrogen and oxygen atoms in total. The van der Waals surface area contributed by atoms with Gasteiger partial charge in [0.15, 0.2) is 6.20 Å². The maximum Gasteiger partial charge on any atom is 0.286 e. The molecule has 0 saturated heterocycles. The molecule has 0 radical (unpaired) electrons. The van der Waals surface area contributed by atoms with Crippen molar-refractivity contribution in [3.8, 4) is 0 Å². The summed E-state index contributed by atoms with van der Waals surface area (Å²) >= 11 is 0. The molecule has 0 unspecified atom stereocenters. The quantitative estimate of drug-likeness (QED) is 0.703. The lowest BCUT2D eigenvalue weighted by Gasteiger charge is -2.11. The van der Waals surface area contributed by atoms with Gasteiger partial charge in [0.2, 0.25) is 0 Å². The smallest absolute Gasteiger partial charge is 0.228 e. The van der Waals surface area contributed by atoms with Crippen molar-refractivity contribution >= 4 is 10.9 Å². The van der Waals surface area contributed by atoms with Crippen molar-refractivity contribution in [2.24, 2.45) is 0 Å². The monoisotopic (exact) mass is 215 g/mol. The van der Waals surface area contributed by atoms with Crippen molar-refractivity contribution in [2.45, 2.75) is 39.7 Å². The van der Waals surface area contributed by atoms with Crippen LogP contribution < -0.4 is 4.57 Å². The Bertz CT molecular complexity index is 454. The molecule has 0 aliphatic heterocycles. The fourth-order valence-electron chi connectivity index (χ4n) is 2.09. The molecule has 0 fully saturated rings. The largest absolute Gasteiger partial charge is 0.286 e. The van der Waals surface area contributed by atoms with Gasteiger partial charge in [0.1, 0.15) is 5.52 Å². The predicted octanol–water partition coefficient (Wildman–Crippen LogP) is 3.23. The van der Waals surface area contributed by atoms with E-state index in [0.717, 1.165) is 0 Å². The normalized spacial score (nSPS) is 11.6. The third-order valence-corrected chi connectivity index (χ3v) is 2.97. The van der Waals surface area contributed by atoms with E-state index in [1.54, 1.807) is 0 Å². The second kappa shape index (κ2) is 4.20. The first-order chi connectivity index (χ1) is 7.61. The summed E-state index contributed by atoms with van der Waals surface area (Å²) in [7, 11) is 0. The molecule has 16 heavy (non-hydrogen) atoms. The van der Waals surface area contributed by atoms with E-state index in [2.05, 4.69) is 55.4 Å². The molecule has 0 aliphatic carbocycles. The van der Waals surface area contributed by atoms with Gasteiger partial charge in [-0.3, -0.25) is 0 Å². The molecule has 0 spiro atoms. The van der Waals surface area contributed by atoms with Crippen LogP contribution in [0.5, 0.6) is 0 Å². The Balaban J connectivity index is 2.76. The Morgan fingerprint density at radius 1 is 1.12 bits per heavy atom. The topological polar surface area (TPSA) is 16.8 Å². The van der Waals surface area contributed by atoms with Crippen LogP contribution in [0.1, 0.15) is 45.2 Å². The Labute approximate surface area is 97.0 Å². The Morgan fingerprint density at radius 2 is 1.88 bits per heavy atom. The highest BCUT2D eigenvalue weighted by molar-refractivity contribution is 5.79. The van der Waals surface area contributed by atoms with Gasteiger partial charge in [-0.05, 0) is 31.4 Å². The van der Waals surface area contributed by atoms with Gasteiger partial charge in [-0.15, -0.1) is 0 Å². The molecule has 1 aromatic carbocycles. The van der Waals surface area contributed by atoms with Crippen LogP contribution in [0.4, 0.5) is 0 Å². The molecule has 2 heteroatoms. The van der Waals surface area contributed by atoms with E-state index in [1.807, 2.05) is 12.5 Å². The number of benzene rings is 1. The second-order valence-electron chi connectivity index (χ2n) is 4.83. The third kappa shape index (κ3) is 1.80. The van der Waals surface area contributed by atoms with Crippen molar-refractivity contribution in [3.63, 3.8) is 0 Å². The van der Waals surface area contributed by atoms with Gasteiger partial charge >= 0.3 is 0 Å². The highest BCUT2D eigenvalue weighted by Gasteiger charge is 2.13. The highest BCUT2D eigenvalue weighted by atomic mass is 15.0. The summed E-state index contributed by atoms with van der Waals surface area (Å²) in [5.74, 6) is 0.536. The fraction of sp³-hybridized carbons (Fsp3) is 0.429. The first-order valence-electron chi connectivity index (χ1n) is 5.89. The first kappa shape index (κ1) is 11.1. The average molecular weight is 215 g/mol. The molecule has 1 heterocycles. The zero-order valence-electron chi connectivity index (χ0n) is 10.4. The van der Waals surface area contributed by atoms with E-state index in [-0.39, 0.29) is 0 Å². The standard InChI is InChI=1S/C14H19N2/c1-10(2)12-6-5-7-14-13(12)8-15-9-16(14)11(3)4/h5-11H,1-4H3/q+1. The van der Waals surface area contributed by atoms with E-state index in [0.29, 0.717) is 12.0 Å². The summed E-state index contributed by atoms with van der Waals surface area (Å²) in [5.41, 5.74) is 2.65. The molecule has 0 atom stereocenters. The van der Waals surface area contributed by atoms with Gasteiger partial charge in [0.05, 0.1) is 11.4 Å². The van der Waals surface area contributed by atoms with Crippen LogP contribution in [0.15, 0.2) is 30.7 Å². The number of nitrogens with zero attached hydrogens (tertiary/aromatic N) is 2. The first-order valence-corrected chi connectivity index (χ1v) is 5.89. The molecule has 0 N–H and O–H groups in total. The minimum absolute atomic E-state index is 0.443. The molecular formula is C14H19N2+. The molecule has 0 saturated carbocycles. The SMILES string of the molecule is CC(C)c1cccc2c1cnc[n+]2C(C)C. The van der Waals surface area contributed by atoms with Gasteiger partial charge < -0.3 is 0 Å². The minimum atomic E-state index is 0.443. The van der Waals surface area contributed by atoms with Crippen LogP contribution >= 0.6 is 0 Å². The van der Waals surface area contributed by atoms with Crippen molar-refractivity contribution in [2.75, 3.05) is 0 Å². The van der Waals surface area contributed by atoms with Crippen molar-refractivity contribution in [1.29, 1.82) is 0 Å². The summed E-state index contributed by atoms with van der Waals surface area (Å²) in [6.45, 7) is 8.81. The summed E-state index contributed by atoms with van der Waals surface area (Å²) in [6, 6.07) is 6.94. The molecule has 0 bridgehead atoms. The Kier molecular flexibility index (Phi) is 2.90. The molecule has 0 aliphatic rings. The maximum absolute atomic E-state index is 4.34. The lowest BCUT2D eigenvalue weighted by atomic mass is 9.99. The van der Waals surface area contributed by atoms with Crippen LogP contribution in [0.3, 0.4) is 0 Å². The summed E-state index contributed by atoms with van der Waals surface area (Å²) in [5, 5.41) is 1.27. The summed E-state index contributed by atoms with van der Waals surface area (Å²) in [6.07, 6.45) is 3.89. The van der Waals surface area contributed by atoms with Gasteiger partial charge in [-0.2, -0.15) is 0 Å². The lowest BCUT2D eigenvalue weighted by molar-refractivity contribution is -0.694. The van der Waals surface area contributed by atoms with Crippen LogP contribution in [-0.4, -0.2) is 4.98 Å². The van der Waals surface area contributed by atoms with E-state index in [9.17, 15) is 0 Å². The summed E-state index contributed by atoms with van der Waals surface area (Å²) in [4.78, 5) is 4.34. The number of aromatic nitrogens is 2. The molecule has 2 rings (SSSR count). The van der Waals surface area contributed by atoms with Crippen LogP contribution in [0.2, 0.25) is 0 Å². The number of hydrogen-bond acceptors (Lipinski definition) is 1. The van der Waals surface area contributed by atoms with Gasteiger partial charge in [-0.25, -0.2) is 4.57 Å². The van der Waals surface area contributed by atoms with E-state index < -0.39 is 0 Å². The molecule has 1 aromatic heterocycles. The molecule has 84 valence electrons. The highest BCUT2D eigenvalue weighted by Crippen LogP contribution is 2.22. The molecule has 2 aromatic rings. The van der Waals surface area contributed by atoms with Gasteiger partial charge in [0, 0.05) is 0 Å². The average Bonchev–Trinajstić information content (AvgIpc) is 2.27. The summed E-state index contributed by atoms with van der Waals surface area (Å²) < 4.78 is 2.22. The van der Waals surface area contributed by atoms with Crippen molar-refractivity contribution < 1.29 is 4.57 Å². The van der Waals surface area contributed by atoms with Crippen molar-refractivity contribution in [1.82, 2.24) is 4.98 Å². The van der Waals surface area contributed by atoms with E-state index >= 15 is 0 Å². The van der Waals surface area contributed by atoms with E-state index in [1.165, 1.54) is 16.5 Å². The van der Waals surface area contributed by atoms with Crippen LogP contribution in [0, 0.1) is 0 Å². The Hall–Kier alpha value is -1.44. The lowest BCUT2D eigenvalue weighted by Crippen LogP contribution is -2.37. The molecular weight excluding hydrogens is 196 g/mol. The Morgan fingerprint density at radius 3 is 2.50 bits per heavy atom. The number of hydrogen-bond donors (Lipinski definition) is 0. The fourth-order valence-corrected chi connectivity index (χ4v) is 2.09. The van der Waals surface area contributed by atoms with Crippen LogP contribution in [-0.2, 0) is 0 Å². The van der Waals surface area contributed by atoms with Crippen LogP contribution in [0.25, 0.3) is 10.9 Å². The minimum Gasteiger partial charge on any atom is -0.228 e. The predicted molar refractivity (Wildman–Crippen MR) is 66.4 cm³/mol. The maximum atomic E-state index is 4.34. The zero-order valence-corrected chi connectivity index (χ0v) is 10.4. The third-order valence-electron chi connectivity index (χ3n) is 2.97. The number of rotatable bonds is 2. The molecule has 0 amide bonds. The second-order valence-corrected chi connectivity index (χ2v) is 4.83. The van der Waals surface area contributed by atoms with E-state index in [4.69, 9.17) is 0 Å².